The maximum absolute atomic E-state index is 11.6. The van der Waals surface area contributed by atoms with E-state index in [-0.39, 0.29) is 5.78 Å². The Morgan fingerprint density at radius 2 is 1.84 bits per heavy atom. The number of halogens is 1. The number of nitrogens with zero attached hydrogens (tertiary/aromatic N) is 1. The van der Waals surface area contributed by atoms with Gasteiger partial charge < -0.3 is 4.90 Å². The minimum absolute atomic E-state index is 0.0660. The van der Waals surface area contributed by atoms with Gasteiger partial charge in [0, 0.05) is 33.7 Å². The van der Waals surface area contributed by atoms with Crippen molar-refractivity contribution in [2.45, 2.75) is 39.5 Å². The Labute approximate surface area is 158 Å². The molecule has 0 fully saturated rings. The second kappa shape index (κ2) is 6.89. The van der Waals surface area contributed by atoms with Crippen molar-refractivity contribution in [1.29, 1.82) is 0 Å². The number of thioether (sulfide) groups is 1. The number of anilines is 1. The van der Waals surface area contributed by atoms with Crippen molar-refractivity contribution >= 4 is 34.8 Å². The van der Waals surface area contributed by atoms with Gasteiger partial charge in [-0.3, -0.25) is 4.79 Å². The number of hydrogen-bond acceptors (Lipinski definition) is 3. The molecule has 2 aromatic rings. The number of fused-ring (bicyclic) bond motifs is 1. The zero-order valence-electron chi connectivity index (χ0n) is 15.2. The van der Waals surface area contributed by atoms with Crippen molar-refractivity contribution in [1.82, 2.24) is 0 Å². The van der Waals surface area contributed by atoms with Crippen LogP contribution < -0.4 is 4.90 Å². The van der Waals surface area contributed by atoms with Gasteiger partial charge in [0.05, 0.1) is 10.7 Å². The maximum Gasteiger partial charge on any atom is 0.155 e. The van der Waals surface area contributed by atoms with Crippen molar-refractivity contribution in [3.05, 3.63) is 57.1 Å². The summed E-state index contributed by atoms with van der Waals surface area (Å²) in [4.78, 5) is 15.0. The van der Waals surface area contributed by atoms with Gasteiger partial charge in [0.1, 0.15) is 0 Å². The van der Waals surface area contributed by atoms with Gasteiger partial charge >= 0.3 is 0 Å². The van der Waals surface area contributed by atoms with Gasteiger partial charge in [-0.05, 0) is 69.5 Å². The molecule has 4 heteroatoms. The van der Waals surface area contributed by atoms with Gasteiger partial charge in [-0.2, -0.15) is 0 Å². The van der Waals surface area contributed by atoms with E-state index in [0.717, 1.165) is 33.4 Å². The van der Waals surface area contributed by atoms with Crippen LogP contribution >= 0.6 is 23.4 Å². The van der Waals surface area contributed by atoms with Gasteiger partial charge in [-0.25, -0.2) is 0 Å². The highest BCUT2D eigenvalue weighted by molar-refractivity contribution is 8.03. The van der Waals surface area contributed by atoms with E-state index in [1.165, 1.54) is 21.6 Å². The summed E-state index contributed by atoms with van der Waals surface area (Å²) in [6.07, 6.45) is 1.72. The summed E-state index contributed by atoms with van der Waals surface area (Å²) in [6, 6.07) is 8.48. The number of carbonyl (C=O) groups excluding carboxylic acids is 1. The molecular weight excluding hydrogens is 350 g/mol. The summed E-state index contributed by atoms with van der Waals surface area (Å²) in [5, 5.41) is 1.75. The summed E-state index contributed by atoms with van der Waals surface area (Å²) in [6.45, 7) is 10.8. The standard InChI is InChI=1S/C21H22ClNOS/c1-6-23-19(11-15(5)24)25-18-8-7-12(2)20(21(18)23)16-9-13(3)14(4)10-17(16)22/h7-11H,6H2,1-5H3/b19-11-. The summed E-state index contributed by atoms with van der Waals surface area (Å²) in [7, 11) is 0. The molecule has 25 heavy (non-hydrogen) atoms. The number of carbonyl (C=O) groups is 1. The molecule has 0 N–H and O–H groups in total. The van der Waals surface area contributed by atoms with E-state index in [9.17, 15) is 4.79 Å². The Kier molecular flexibility index (Phi) is 4.99. The van der Waals surface area contributed by atoms with Gasteiger partial charge in [0.15, 0.2) is 5.78 Å². The van der Waals surface area contributed by atoms with Crippen LogP contribution in [-0.4, -0.2) is 12.3 Å². The topological polar surface area (TPSA) is 20.3 Å². The third kappa shape index (κ3) is 3.23. The monoisotopic (exact) mass is 371 g/mol. The van der Waals surface area contributed by atoms with Crippen LogP contribution in [0, 0.1) is 20.8 Å². The molecule has 0 radical (unpaired) electrons. The first-order valence-corrected chi connectivity index (χ1v) is 9.61. The number of rotatable bonds is 3. The van der Waals surface area contributed by atoms with Crippen molar-refractivity contribution in [2.24, 2.45) is 0 Å². The van der Waals surface area contributed by atoms with E-state index in [1.54, 1.807) is 24.8 Å². The minimum Gasteiger partial charge on any atom is -0.335 e. The van der Waals surface area contributed by atoms with Crippen LogP contribution in [0.1, 0.15) is 30.5 Å². The molecule has 0 spiro atoms. The van der Waals surface area contributed by atoms with E-state index >= 15 is 0 Å². The molecule has 0 aliphatic carbocycles. The Morgan fingerprint density at radius 1 is 1.16 bits per heavy atom. The highest BCUT2D eigenvalue weighted by Crippen LogP contribution is 2.52. The van der Waals surface area contributed by atoms with Crippen LogP contribution in [0.2, 0.25) is 5.02 Å². The van der Waals surface area contributed by atoms with Crippen molar-refractivity contribution in [2.75, 3.05) is 11.4 Å². The fraction of sp³-hybridized carbons (Fsp3) is 0.286. The van der Waals surface area contributed by atoms with Crippen LogP contribution in [0.25, 0.3) is 11.1 Å². The van der Waals surface area contributed by atoms with E-state index in [4.69, 9.17) is 11.6 Å². The molecule has 2 nitrogen and oxygen atoms in total. The molecule has 1 heterocycles. The maximum atomic E-state index is 11.6. The first-order valence-electron chi connectivity index (χ1n) is 8.41. The summed E-state index contributed by atoms with van der Waals surface area (Å²) >= 11 is 8.28. The molecule has 1 aliphatic rings. The number of hydrogen-bond donors (Lipinski definition) is 0. The lowest BCUT2D eigenvalue weighted by Crippen LogP contribution is -2.18. The lowest BCUT2D eigenvalue weighted by molar-refractivity contribution is -0.112. The molecule has 3 rings (SSSR count). The Morgan fingerprint density at radius 3 is 2.48 bits per heavy atom. The van der Waals surface area contributed by atoms with Crippen molar-refractivity contribution < 1.29 is 4.79 Å². The number of aryl methyl sites for hydroxylation is 3. The molecule has 1 aliphatic heterocycles. The van der Waals surface area contributed by atoms with Gasteiger partial charge in [-0.15, -0.1) is 0 Å². The Hall–Kier alpha value is -1.71. The normalized spacial score (nSPS) is 15.0. The molecule has 130 valence electrons. The zero-order chi connectivity index (χ0) is 18.3. The lowest BCUT2D eigenvalue weighted by Gasteiger charge is -2.23. The largest absolute Gasteiger partial charge is 0.335 e. The predicted molar refractivity (Wildman–Crippen MR) is 109 cm³/mol. The molecule has 0 unspecified atom stereocenters. The number of ketones is 1. The second-order valence-corrected chi connectivity index (χ2v) is 7.93. The fourth-order valence-corrected chi connectivity index (χ4v) is 4.75. The Bertz CT molecular complexity index is 901. The molecule has 0 atom stereocenters. The van der Waals surface area contributed by atoms with E-state index in [2.05, 4.69) is 50.8 Å². The SMILES string of the molecule is CCN1/C(=C/C(C)=O)Sc2ccc(C)c(-c3cc(C)c(C)cc3Cl)c21. The molecule has 0 amide bonds. The summed E-state index contributed by atoms with van der Waals surface area (Å²) in [5.74, 6) is 0.0660. The van der Waals surface area contributed by atoms with E-state index < -0.39 is 0 Å². The van der Waals surface area contributed by atoms with Gasteiger partial charge in [0.2, 0.25) is 0 Å². The van der Waals surface area contributed by atoms with Crippen LogP contribution in [0.4, 0.5) is 5.69 Å². The number of benzene rings is 2. The molecule has 0 saturated heterocycles. The van der Waals surface area contributed by atoms with E-state index in [1.807, 2.05) is 6.07 Å². The summed E-state index contributed by atoms with van der Waals surface area (Å²) in [5.41, 5.74) is 6.98. The third-order valence-corrected chi connectivity index (χ3v) is 6.00. The predicted octanol–water partition coefficient (Wildman–Crippen LogP) is 6.29. The molecule has 0 saturated carbocycles. The van der Waals surface area contributed by atoms with Crippen LogP contribution in [-0.2, 0) is 4.79 Å². The second-order valence-electron chi connectivity index (χ2n) is 6.46. The molecule has 2 aromatic carbocycles. The van der Waals surface area contributed by atoms with Crippen LogP contribution in [0.5, 0.6) is 0 Å². The Balaban J connectivity index is 2.28. The highest BCUT2D eigenvalue weighted by atomic mass is 35.5. The van der Waals surface area contributed by atoms with Crippen LogP contribution in [0.15, 0.2) is 40.3 Å². The van der Waals surface area contributed by atoms with Crippen molar-refractivity contribution in [3.8, 4) is 11.1 Å². The highest BCUT2D eigenvalue weighted by Gasteiger charge is 2.29. The molecule has 0 aromatic heterocycles. The fourth-order valence-electron chi connectivity index (χ4n) is 3.21. The van der Waals surface area contributed by atoms with Crippen molar-refractivity contribution in [3.63, 3.8) is 0 Å². The molecular formula is C21H22ClNOS. The van der Waals surface area contributed by atoms with Gasteiger partial charge in [-0.1, -0.05) is 29.4 Å². The smallest absolute Gasteiger partial charge is 0.155 e. The zero-order valence-corrected chi connectivity index (χ0v) is 16.8. The minimum atomic E-state index is 0.0660. The quantitative estimate of drug-likeness (QED) is 0.591. The van der Waals surface area contributed by atoms with E-state index in [0.29, 0.717) is 0 Å². The van der Waals surface area contributed by atoms with Gasteiger partial charge in [0.25, 0.3) is 0 Å². The number of allylic oxidation sites excluding steroid dienone is 1. The average molecular weight is 372 g/mol. The average Bonchev–Trinajstić information content (AvgIpc) is 2.88. The first-order chi connectivity index (χ1) is 11.8. The lowest BCUT2D eigenvalue weighted by atomic mass is 9.95. The first kappa shape index (κ1) is 18.1. The third-order valence-electron chi connectivity index (χ3n) is 4.60. The summed E-state index contributed by atoms with van der Waals surface area (Å²) < 4.78 is 0. The van der Waals surface area contributed by atoms with Crippen LogP contribution in [0.3, 0.4) is 0 Å². The molecule has 0 bridgehead atoms.